The number of alkyl halides is 3. The molecule has 1 aliphatic carbocycles. The van der Waals surface area contributed by atoms with Crippen molar-refractivity contribution in [2.75, 3.05) is 0 Å². The summed E-state index contributed by atoms with van der Waals surface area (Å²) in [5.41, 5.74) is 0.900. The average Bonchev–Trinajstić information content (AvgIpc) is 2.73. The van der Waals surface area contributed by atoms with Crippen LogP contribution in [0.25, 0.3) is 0 Å². The van der Waals surface area contributed by atoms with Crippen LogP contribution in [0.3, 0.4) is 0 Å². The predicted octanol–water partition coefficient (Wildman–Crippen LogP) is 8.28. The Kier molecular flexibility index (Phi) is 7.79. The van der Waals surface area contributed by atoms with Crippen LogP contribution in [-0.4, -0.2) is 0 Å². The number of rotatable bonds is 8. The molecule has 0 heterocycles. The van der Waals surface area contributed by atoms with Crippen LogP contribution in [-0.2, 0) is 12.8 Å². The Balaban J connectivity index is 1.51. The molecule has 3 rings (SSSR count). The largest absolute Gasteiger partial charge is 0.489 e. The fourth-order valence-electron chi connectivity index (χ4n) is 4.33. The van der Waals surface area contributed by atoms with E-state index < -0.39 is 17.6 Å². The van der Waals surface area contributed by atoms with E-state index in [2.05, 4.69) is 19.1 Å². The molecule has 1 nitrogen and oxygen atoms in total. The minimum Gasteiger partial charge on any atom is -0.489 e. The van der Waals surface area contributed by atoms with Crippen LogP contribution >= 0.6 is 0 Å². The van der Waals surface area contributed by atoms with Gasteiger partial charge in [-0.25, -0.2) is 4.39 Å². The van der Waals surface area contributed by atoms with Crippen molar-refractivity contribution in [2.45, 2.75) is 77.0 Å². The van der Waals surface area contributed by atoms with Gasteiger partial charge < -0.3 is 4.74 Å². The topological polar surface area (TPSA) is 9.23 Å². The highest BCUT2D eigenvalue weighted by Crippen LogP contribution is 2.38. The van der Waals surface area contributed by atoms with Crippen LogP contribution in [0.4, 0.5) is 17.6 Å². The van der Waals surface area contributed by atoms with E-state index in [0.29, 0.717) is 12.0 Å². The van der Waals surface area contributed by atoms with Crippen LogP contribution in [0.5, 0.6) is 5.75 Å². The first-order valence-electron chi connectivity index (χ1n) is 10.9. The molecule has 30 heavy (non-hydrogen) atoms. The van der Waals surface area contributed by atoms with E-state index in [9.17, 15) is 17.6 Å². The van der Waals surface area contributed by atoms with Crippen molar-refractivity contribution < 1.29 is 22.3 Å². The predicted molar refractivity (Wildman–Crippen MR) is 111 cm³/mol. The molecule has 0 radical (unpaired) electrons. The number of ether oxygens (including phenoxy) is 1. The average molecular weight is 423 g/mol. The zero-order valence-corrected chi connectivity index (χ0v) is 17.5. The Morgan fingerprint density at radius 2 is 1.63 bits per heavy atom. The standard InChI is InChI=1S/C25H30F4O/c1-2-3-4-5-18-6-10-20(11-7-18)21-12-8-19(9-13-21)17-30-22-14-15-24(26)23(16-22)25(27,28)29/h8-9,12-16,18,20H,2-7,10-11,17H2,1H3. The number of hydrogen-bond acceptors (Lipinski definition) is 1. The molecule has 0 unspecified atom stereocenters. The summed E-state index contributed by atoms with van der Waals surface area (Å²) in [6.45, 7) is 2.39. The van der Waals surface area contributed by atoms with E-state index >= 15 is 0 Å². The second kappa shape index (κ2) is 10.3. The van der Waals surface area contributed by atoms with E-state index in [1.54, 1.807) is 0 Å². The first-order chi connectivity index (χ1) is 14.4. The molecule has 0 amide bonds. The molecule has 0 spiro atoms. The van der Waals surface area contributed by atoms with Crippen molar-refractivity contribution in [3.63, 3.8) is 0 Å². The summed E-state index contributed by atoms with van der Waals surface area (Å²) in [5.74, 6) is 0.181. The number of halogens is 4. The van der Waals surface area contributed by atoms with E-state index in [1.165, 1.54) is 63.0 Å². The van der Waals surface area contributed by atoms with Gasteiger partial charge in [0.25, 0.3) is 0 Å². The highest BCUT2D eigenvalue weighted by Gasteiger charge is 2.34. The van der Waals surface area contributed by atoms with Gasteiger partial charge in [-0.3, -0.25) is 0 Å². The Labute approximate surface area is 176 Å². The van der Waals surface area contributed by atoms with Gasteiger partial charge in [0, 0.05) is 0 Å². The van der Waals surface area contributed by atoms with Gasteiger partial charge in [0.1, 0.15) is 18.2 Å². The molecule has 2 aromatic rings. The van der Waals surface area contributed by atoms with Gasteiger partial charge >= 0.3 is 6.18 Å². The van der Waals surface area contributed by atoms with Crippen LogP contribution < -0.4 is 4.74 Å². The second-order valence-electron chi connectivity index (χ2n) is 8.38. The molecule has 0 aliphatic heterocycles. The number of benzene rings is 2. The second-order valence-corrected chi connectivity index (χ2v) is 8.38. The summed E-state index contributed by atoms with van der Waals surface area (Å²) >= 11 is 0. The Hall–Kier alpha value is -2.04. The van der Waals surface area contributed by atoms with Gasteiger partial charge in [0.05, 0.1) is 5.56 Å². The lowest BCUT2D eigenvalue weighted by Gasteiger charge is -2.29. The van der Waals surface area contributed by atoms with Crippen molar-refractivity contribution in [1.82, 2.24) is 0 Å². The molecular formula is C25H30F4O. The maximum absolute atomic E-state index is 13.4. The first-order valence-corrected chi connectivity index (χ1v) is 10.9. The summed E-state index contributed by atoms with van der Waals surface area (Å²) < 4.78 is 57.3. The molecule has 1 aliphatic rings. The molecule has 1 saturated carbocycles. The first kappa shape index (κ1) is 22.6. The molecule has 2 aromatic carbocycles. The number of unbranched alkanes of at least 4 members (excludes halogenated alkanes) is 2. The Morgan fingerprint density at radius 3 is 2.27 bits per heavy atom. The van der Waals surface area contributed by atoms with Crippen LogP contribution in [0.1, 0.15) is 80.9 Å². The molecule has 0 N–H and O–H groups in total. The van der Waals surface area contributed by atoms with Crippen LogP contribution in [0.2, 0.25) is 0 Å². The lowest BCUT2D eigenvalue weighted by atomic mass is 9.77. The summed E-state index contributed by atoms with van der Waals surface area (Å²) in [6.07, 6.45) is 5.62. The molecule has 164 valence electrons. The third kappa shape index (κ3) is 6.23. The molecule has 0 saturated heterocycles. The minimum atomic E-state index is -4.74. The molecular weight excluding hydrogens is 392 g/mol. The highest BCUT2D eigenvalue weighted by molar-refractivity contribution is 5.32. The summed E-state index contributed by atoms with van der Waals surface area (Å²) in [6, 6.07) is 10.9. The minimum absolute atomic E-state index is 0.00852. The SMILES string of the molecule is CCCCCC1CCC(c2ccc(COc3ccc(F)c(C(F)(F)F)c3)cc2)CC1. The fourth-order valence-corrected chi connectivity index (χ4v) is 4.33. The van der Waals surface area contributed by atoms with Crippen molar-refractivity contribution >= 4 is 0 Å². The normalized spacial score (nSPS) is 19.6. The zero-order chi connectivity index (χ0) is 21.6. The van der Waals surface area contributed by atoms with Crippen molar-refractivity contribution in [3.8, 4) is 5.75 Å². The third-order valence-electron chi connectivity index (χ3n) is 6.16. The Morgan fingerprint density at radius 1 is 0.933 bits per heavy atom. The van der Waals surface area contributed by atoms with Crippen molar-refractivity contribution in [2.24, 2.45) is 5.92 Å². The lowest BCUT2D eigenvalue weighted by Crippen LogP contribution is -2.13. The van der Waals surface area contributed by atoms with E-state index in [1.807, 2.05) is 12.1 Å². The lowest BCUT2D eigenvalue weighted by molar-refractivity contribution is -0.140. The van der Waals surface area contributed by atoms with Gasteiger partial charge in [-0.1, -0.05) is 56.9 Å². The molecule has 0 atom stereocenters. The van der Waals surface area contributed by atoms with Gasteiger partial charge in [0.2, 0.25) is 0 Å². The highest BCUT2D eigenvalue weighted by atomic mass is 19.4. The quantitative estimate of drug-likeness (QED) is 0.307. The monoisotopic (exact) mass is 422 g/mol. The van der Waals surface area contributed by atoms with Gasteiger partial charge in [-0.15, -0.1) is 0 Å². The van der Waals surface area contributed by atoms with E-state index in [0.717, 1.165) is 17.5 Å². The number of hydrogen-bond donors (Lipinski definition) is 0. The third-order valence-corrected chi connectivity index (χ3v) is 6.16. The maximum atomic E-state index is 13.4. The van der Waals surface area contributed by atoms with Crippen molar-refractivity contribution in [1.29, 1.82) is 0 Å². The van der Waals surface area contributed by atoms with Crippen LogP contribution in [0, 0.1) is 11.7 Å². The molecule has 0 bridgehead atoms. The van der Waals surface area contributed by atoms with Crippen molar-refractivity contribution in [3.05, 3.63) is 65.0 Å². The maximum Gasteiger partial charge on any atom is 0.419 e. The van der Waals surface area contributed by atoms with Crippen LogP contribution in [0.15, 0.2) is 42.5 Å². The van der Waals surface area contributed by atoms with Gasteiger partial charge in [-0.2, -0.15) is 13.2 Å². The molecule has 0 aromatic heterocycles. The molecule has 5 heteroatoms. The summed E-state index contributed by atoms with van der Waals surface area (Å²) in [7, 11) is 0. The van der Waals surface area contributed by atoms with E-state index in [-0.39, 0.29) is 12.4 Å². The van der Waals surface area contributed by atoms with Gasteiger partial charge in [0.15, 0.2) is 0 Å². The summed E-state index contributed by atoms with van der Waals surface area (Å²) in [4.78, 5) is 0. The Bertz CT molecular complexity index is 790. The van der Waals surface area contributed by atoms with Gasteiger partial charge in [-0.05, 0) is 66.8 Å². The smallest absolute Gasteiger partial charge is 0.419 e. The van der Waals surface area contributed by atoms with E-state index in [4.69, 9.17) is 4.74 Å². The fraction of sp³-hybridized carbons (Fsp3) is 0.520. The molecule has 1 fully saturated rings. The zero-order valence-electron chi connectivity index (χ0n) is 17.5. The summed E-state index contributed by atoms with van der Waals surface area (Å²) in [5, 5.41) is 0.